The van der Waals surface area contributed by atoms with Crippen LogP contribution in [0.3, 0.4) is 0 Å². The molecule has 25 heavy (non-hydrogen) atoms. The molecule has 132 valence electrons. The molecule has 0 bridgehead atoms. The van der Waals surface area contributed by atoms with Gasteiger partial charge in [0.1, 0.15) is 17.2 Å². The molecule has 2 aromatic rings. The topological polar surface area (TPSA) is 91.2 Å². The quantitative estimate of drug-likeness (QED) is 0.575. The predicted octanol–water partition coefficient (Wildman–Crippen LogP) is 2.86. The number of carbonyl (C=O) groups excluding carboxylic acids is 1. The van der Waals surface area contributed by atoms with Gasteiger partial charge < -0.3 is 14.9 Å². The molecule has 6 heteroatoms. The number of phenols is 2. The SMILES string of the molecule is Cc1ccc(OCC(=O)N/N=C\c2c(C)cc(O)c(C)c2O)cc1C. The van der Waals surface area contributed by atoms with E-state index in [2.05, 4.69) is 10.5 Å². The average Bonchev–Trinajstić information content (AvgIpc) is 2.57. The first-order valence-corrected chi connectivity index (χ1v) is 7.83. The van der Waals surface area contributed by atoms with Gasteiger partial charge in [-0.05, 0) is 62.6 Å². The van der Waals surface area contributed by atoms with Crippen molar-refractivity contribution in [3.8, 4) is 17.2 Å². The Hall–Kier alpha value is -3.02. The largest absolute Gasteiger partial charge is 0.508 e. The standard InChI is InChI=1S/C19H22N2O4/c1-11-5-6-15(7-12(11)2)25-10-18(23)21-20-9-16-13(3)8-17(22)14(4)19(16)24/h5-9,22,24H,10H2,1-4H3,(H,21,23)/b20-9-. The van der Waals surface area contributed by atoms with Crippen LogP contribution < -0.4 is 10.2 Å². The number of phenolic OH excluding ortho intramolecular Hbond substituents is 2. The molecule has 0 spiro atoms. The lowest BCUT2D eigenvalue weighted by Crippen LogP contribution is -2.24. The first kappa shape index (κ1) is 18.3. The first-order valence-electron chi connectivity index (χ1n) is 7.83. The van der Waals surface area contributed by atoms with Crippen LogP contribution >= 0.6 is 0 Å². The van der Waals surface area contributed by atoms with Gasteiger partial charge in [0.25, 0.3) is 5.91 Å². The summed E-state index contributed by atoms with van der Waals surface area (Å²) in [4.78, 5) is 11.8. The third kappa shape index (κ3) is 4.50. The highest BCUT2D eigenvalue weighted by Gasteiger charge is 2.10. The van der Waals surface area contributed by atoms with E-state index in [0.29, 0.717) is 22.4 Å². The van der Waals surface area contributed by atoms with Crippen molar-refractivity contribution in [3.63, 3.8) is 0 Å². The Balaban J connectivity index is 1.95. The van der Waals surface area contributed by atoms with E-state index in [0.717, 1.165) is 11.1 Å². The molecule has 0 aliphatic carbocycles. The summed E-state index contributed by atoms with van der Waals surface area (Å²) < 4.78 is 5.42. The molecule has 0 aromatic heterocycles. The minimum Gasteiger partial charge on any atom is -0.508 e. The number of nitrogens with zero attached hydrogens (tertiary/aromatic N) is 1. The molecule has 0 saturated carbocycles. The molecule has 0 radical (unpaired) electrons. The summed E-state index contributed by atoms with van der Waals surface area (Å²) in [6, 6.07) is 7.13. The number of aromatic hydroxyl groups is 2. The zero-order valence-electron chi connectivity index (χ0n) is 14.8. The molecule has 2 rings (SSSR count). The number of rotatable bonds is 5. The number of hydrogen-bond donors (Lipinski definition) is 3. The Morgan fingerprint density at radius 2 is 1.84 bits per heavy atom. The van der Waals surface area contributed by atoms with Crippen LogP contribution in [-0.2, 0) is 4.79 Å². The molecule has 0 atom stereocenters. The minimum absolute atomic E-state index is 0.0120. The van der Waals surface area contributed by atoms with Gasteiger partial charge in [0, 0.05) is 11.1 Å². The molecule has 0 fully saturated rings. The van der Waals surface area contributed by atoms with Crippen LogP contribution in [-0.4, -0.2) is 28.9 Å². The highest BCUT2D eigenvalue weighted by molar-refractivity contribution is 5.88. The fourth-order valence-corrected chi connectivity index (χ4v) is 2.22. The zero-order chi connectivity index (χ0) is 18.6. The van der Waals surface area contributed by atoms with Crippen LogP contribution in [0.2, 0.25) is 0 Å². The van der Waals surface area contributed by atoms with Crippen molar-refractivity contribution in [1.82, 2.24) is 5.43 Å². The fraction of sp³-hybridized carbons (Fsp3) is 0.263. The van der Waals surface area contributed by atoms with Gasteiger partial charge in [0.15, 0.2) is 6.61 Å². The second-order valence-corrected chi connectivity index (χ2v) is 5.93. The zero-order valence-corrected chi connectivity index (χ0v) is 14.8. The van der Waals surface area contributed by atoms with Gasteiger partial charge in [-0.25, -0.2) is 5.43 Å². The van der Waals surface area contributed by atoms with Crippen molar-refractivity contribution >= 4 is 12.1 Å². The highest BCUT2D eigenvalue weighted by Crippen LogP contribution is 2.31. The molecule has 6 nitrogen and oxygen atoms in total. The van der Waals surface area contributed by atoms with E-state index >= 15 is 0 Å². The molecule has 0 aliphatic heterocycles. The van der Waals surface area contributed by atoms with Crippen LogP contribution in [0.5, 0.6) is 17.2 Å². The third-order valence-electron chi connectivity index (χ3n) is 4.00. The van der Waals surface area contributed by atoms with Gasteiger partial charge in [0.2, 0.25) is 0 Å². The fourth-order valence-electron chi connectivity index (χ4n) is 2.22. The normalized spacial score (nSPS) is 10.9. The van der Waals surface area contributed by atoms with E-state index in [1.54, 1.807) is 19.9 Å². The predicted molar refractivity (Wildman–Crippen MR) is 96.4 cm³/mol. The summed E-state index contributed by atoms with van der Waals surface area (Å²) in [5.74, 6) is 0.145. The second-order valence-electron chi connectivity index (χ2n) is 5.93. The van der Waals surface area contributed by atoms with Crippen LogP contribution in [0.25, 0.3) is 0 Å². The summed E-state index contributed by atoms with van der Waals surface area (Å²) in [7, 11) is 0. The van der Waals surface area contributed by atoms with Gasteiger partial charge in [-0.1, -0.05) is 6.07 Å². The van der Waals surface area contributed by atoms with E-state index < -0.39 is 5.91 Å². The summed E-state index contributed by atoms with van der Waals surface area (Å²) in [5.41, 5.74) is 6.03. The van der Waals surface area contributed by atoms with Crippen LogP contribution in [0.4, 0.5) is 0 Å². The molecule has 0 aliphatic rings. The number of hydrazone groups is 1. The Labute approximate surface area is 146 Å². The second kappa shape index (κ2) is 7.70. The third-order valence-corrected chi connectivity index (χ3v) is 4.00. The van der Waals surface area contributed by atoms with Crippen molar-refractivity contribution in [1.29, 1.82) is 0 Å². The van der Waals surface area contributed by atoms with Gasteiger partial charge in [0.05, 0.1) is 6.21 Å². The summed E-state index contributed by atoms with van der Waals surface area (Å²) in [5, 5.41) is 23.5. The summed E-state index contributed by atoms with van der Waals surface area (Å²) in [6.45, 7) is 7.13. The Morgan fingerprint density at radius 3 is 2.52 bits per heavy atom. The lowest BCUT2D eigenvalue weighted by Gasteiger charge is -2.09. The van der Waals surface area contributed by atoms with Crippen molar-refractivity contribution in [2.75, 3.05) is 6.61 Å². The van der Waals surface area contributed by atoms with Crippen molar-refractivity contribution in [3.05, 3.63) is 52.1 Å². The molecular weight excluding hydrogens is 320 g/mol. The highest BCUT2D eigenvalue weighted by atomic mass is 16.5. The van der Waals surface area contributed by atoms with Crippen LogP contribution in [0, 0.1) is 27.7 Å². The van der Waals surface area contributed by atoms with Gasteiger partial charge in [-0.3, -0.25) is 4.79 Å². The minimum atomic E-state index is -0.415. The van der Waals surface area contributed by atoms with E-state index in [1.165, 1.54) is 12.3 Å². The van der Waals surface area contributed by atoms with E-state index in [-0.39, 0.29) is 18.1 Å². The number of nitrogens with one attached hydrogen (secondary N) is 1. The van der Waals surface area contributed by atoms with Crippen molar-refractivity contribution < 1.29 is 19.7 Å². The summed E-state index contributed by atoms with van der Waals surface area (Å²) >= 11 is 0. The lowest BCUT2D eigenvalue weighted by atomic mass is 10.0. The molecule has 2 aromatic carbocycles. The van der Waals surface area contributed by atoms with E-state index in [4.69, 9.17) is 4.74 Å². The maximum atomic E-state index is 11.8. The van der Waals surface area contributed by atoms with Gasteiger partial charge in [-0.2, -0.15) is 5.10 Å². The van der Waals surface area contributed by atoms with Crippen LogP contribution in [0.15, 0.2) is 29.4 Å². The smallest absolute Gasteiger partial charge is 0.277 e. The van der Waals surface area contributed by atoms with E-state index in [9.17, 15) is 15.0 Å². The van der Waals surface area contributed by atoms with Gasteiger partial charge in [-0.15, -0.1) is 0 Å². The molecule has 3 N–H and O–H groups in total. The monoisotopic (exact) mass is 342 g/mol. The Morgan fingerprint density at radius 1 is 1.12 bits per heavy atom. The number of hydrogen-bond acceptors (Lipinski definition) is 5. The molecule has 0 unspecified atom stereocenters. The first-order chi connectivity index (χ1) is 11.8. The number of ether oxygens (including phenoxy) is 1. The van der Waals surface area contributed by atoms with Crippen LogP contribution in [0.1, 0.15) is 27.8 Å². The molecule has 0 heterocycles. The Kier molecular flexibility index (Phi) is 5.64. The molecule has 0 saturated heterocycles. The molecular formula is C19H22N2O4. The van der Waals surface area contributed by atoms with Crippen molar-refractivity contribution in [2.24, 2.45) is 5.10 Å². The number of benzene rings is 2. The summed E-state index contributed by atoms with van der Waals surface area (Å²) in [6.07, 6.45) is 1.34. The maximum Gasteiger partial charge on any atom is 0.277 e. The van der Waals surface area contributed by atoms with Gasteiger partial charge >= 0.3 is 0 Å². The lowest BCUT2D eigenvalue weighted by molar-refractivity contribution is -0.123. The van der Waals surface area contributed by atoms with Crippen molar-refractivity contribution in [2.45, 2.75) is 27.7 Å². The van der Waals surface area contributed by atoms with E-state index in [1.807, 2.05) is 26.0 Å². The Bertz CT molecular complexity index is 829. The number of aryl methyl sites for hydroxylation is 3. The number of carbonyl (C=O) groups is 1. The average molecular weight is 342 g/mol. The molecule has 1 amide bonds. The maximum absolute atomic E-state index is 11.8. The number of amides is 1.